The molecule has 1 aromatic rings. The van der Waals surface area contributed by atoms with Crippen LogP contribution in [0.2, 0.25) is 0 Å². The second-order valence-corrected chi connectivity index (χ2v) is 6.27. The molecule has 1 N–H and O–H groups in total. The predicted molar refractivity (Wildman–Crippen MR) is 74.2 cm³/mol. The van der Waals surface area contributed by atoms with Crippen molar-refractivity contribution in [3.05, 3.63) is 5.82 Å². The number of carboxylic acids is 1. The fourth-order valence-corrected chi connectivity index (χ4v) is 2.90. The molecule has 1 atom stereocenters. The van der Waals surface area contributed by atoms with Crippen LogP contribution in [-0.4, -0.2) is 31.3 Å². The first-order chi connectivity index (χ1) is 9.48. The Bertz CT molecular complexity index is 463. The van der Waals surface area contributed by atoms with Gasteiger partial charge in [0, 0.05) is 5.92 Å². The van der Waals surface area contributed by atoms with E-state index in [1.54, 1.807) is 4.68 Å². The van der Waals surface area contributed by atoms with Gasteiger partial charge in [-0.25, -0.2) is 4.68 Å². The number of carbonyl (C=O) groups is 1. The maximum atomic E-state index is 11.8. The summed E-state index contributed by atoms with van der Waals surface area (Å²) in [6.07, 6.45) is 4.30. The molecule has 1 unspecified atom stereocenters. The smallest absolute Gasteiger partial charge is 0.311 e. The normalized spacial score (nSPS) is 28.2. The quantitative estimate of drug-likeness (QED) is 0.896. The minimum atomic E-state index is -0.713. The van der Waals surface area contributed by atoms with E-state index in [1.165, 1.54) is 0 Å². The van der Waals surface area contributed by atoms with Gasteiger partial charge in [0.1, 0.15) is 0 Å². The van der Waals surface area contributed by atoms with E-state index in [0.29, 0.717) is 25.3 Å². The molecule has 0 aliphatic heterocycles. The minimum Gasteiger partial charge on any atom is -0.481 e. The van der Waals surface area contributed by atoms with Gasteiger partial charge in [0.25, 0.3) is 0 Å². The van der Waals surface area contributed by atoms with Gasteiger partial charge in [0.15, 0.2) is 5.82 Å². The van der Waals surface area contributed by atoms with Crippen LogP contribution in [0.4, 0.5) is 0 Å². The Kier molecular flexibility index (Phi) is 4.40. The number of aliphatic carboxylic acids is 1. The number of aromatic nitrogens is 4. The van der Waals surface area contributed by atoms with Crippen LogP contribution in [0.5, 0.6) is 0 Å². The maximum absolute atomic E-state index is 11.8. The van der Waals surface area contributed by atoms with Gasteiger partial charge in [-0.3, -0.25) is 4.79 Å². The average Bonchev–Trinajstić information content (AvgIpc) is 2.88. The predicted octanol–water partition coefficient (Wildman–Crippen LogP) is 2.47. The molecule has 1 aliphatic carbocycles. The van der Waals surface area contributed by atoms with E-state index in [4.69, 9.17) is 0 Å². The highest BCUT2D eigenvalue weighted by molar-refractivity contribution is 5.74. The number of tetrazole rings is 1. The van der Waals surface area contributed by atoms with Gasteiger partial charge in [-0.15, -0.1) is 5.10 Å². The highest BCUT2D eigenvalue weighted by Gasteiger charge is 2.42. The number of nitrogens with zero attached hydrogens (tertiary/aromatic N) is 4. The van der Waals surface area contributed by atoms with Crippen LogP contribution in [0, 0.1) is 11.3 Å². The third-order valence-corrected chi connectivity index (χ3v) is 4.75. The molecule has 0 bridgehead atoms. The lowest BCUT2D eigenvalue weighted by atomic mass is 9.71. The Morgan fingerprint density at radius 3 is 2.70 bits per heavy atom. The van der Waals surface area contributed by atoms with Gasteiger partial charge >= 0.3 is 5.97 Å². The van der Waals surface area contributed by atoms with E-state index in [0.717, 1.165) is 25.1 Å². The molecule has 6 heteroatoms. The third-order valence-electron chi connectivity index (χ3n) is 4.75. The highest BCUT2D eigenvalue weighted by atomic mass is 16.4. The number of carboxylic acid groups (broad SMARTS) is 1. The molecule has 1 saturated carbocycles. The lowest BCUT2D eigenvalue weighted by molar-refractivity contribution is -0.153. The van der Waals surface area contributed by atoms with Crippen LogP contribution in [0.25, 0.3) is 0 Å². The molecule has 0 aromatic carbocycles. The van der Waals surface area contributed by atoms with Crippen molar-refractivity contribution < 1.29 is 9.90 Å². The summed E-state index contributed by atoms with van der Waals surface area (Å²) in [5.41, 5.74) is -0.704. The summed E-state index contributed by atoms with van der Waals surface area (Å²) in [7, 11) is 0. The molecule has 1 heterocycles. The molecular weight excluding hydrogens is 256 g/mol. The number of hydrogen-bond acceptors (Lipinski definition) is 4. The van der Waals surface area contributed by atoms with Gasteiger partial charge in [-0.1, -0.05) is 20.8 Å². The molecule has 0 amide bonds. The van der Waals surface area contributed by atoms with Crippen molar-refractivity contribution in [2.24, 2.45) is 11.3 Å². The van der Waals surface area contributed by atoms with Crippen LogP contribution in [0.3, 0.4) is 0 Å². The summed E-state index contributed by atoms with van der Waals surface area (Å²) in [4.78, 5) is 11.8. The SMILES string of the molecule is CCC(C)c1nnnn1CC1(C(=O)O)CCC(C)CC1. The molecule has 0 radical (unpaired) electrons. The summed E-state index contributed by atoms with van der Waals surface area (Å²) >= 11 is 0. The van der Waals surface area contributed by atoms with Crippen LogP contribution in [0.15, 0.2) is 0 Å². The first-order valence-corrected chi connectivity index (χ1v) is 7.48. The van der Waals surface area contributed by atoms with Crippen LogP contribution < -0.4 is 0 Å². The lowest BCUT2D eigenvalue weighted by Gasteiger charge is -2.35. The first kappa shape index (κ1) is 14.9. The largest absolute Gasteiger partial charge is 0.481 e. The summed E-state index contributed by atoms with van der Waals surface area (Å²) in [5.74, 6) is 0.950. The minimum absolute atomic E-state index is 0.248. The van der Waals surface area contributed by atoms with Gasteiger partial charge in [0.05, 0.1) is 12.0 Å². The maximum Gasteiger partial charge on any atom is 0.311 e. The zero-order chi connectivity index (χ0) is 14.8. The molecular formula is C14H24N4O2. The van der Waals surface area contributed by atoms with Crippen molar-refractivity contribution >= 4 is 5.97 Å². The average molecular weight is 280 g/mol. The molecule has 1 aromatic heterocycles. The molecule has 1 aliphatic rings. The molecule has 112 valence electrons. The second-order valence-electron chi connectivity index (χ2n) is 6.27. The van der Waals surface area contributed by atoms with Crippen molar-refractivity contribution in [1.29, 1.82) is 0 Å². The Morgan fingerprint density at radius 1 is 1.50 bits per heavy atom. The molecule has 1 fully saturated rings. The van der Waals surface area contributed by atoms with Crippen molar-refractivity contribution in [3.8, 4) is 0 Å². The van der Waals surface area contributed by atoms with Crippen LogP contribution in [0.1, 0.15) is 64.6 Å². The topological polar surface area (TPSA) is 80.9 Å². The Hall–Kier alpha value is -1.46. The molecule has 0 saturated heterocycles. The standard InChI is InChI=1S/C14H24N4O2/c1-4-11(3)12-15-16-17-18(12)9-14(13(19)20)7-5-10(2)6-8-14/h10-11H,4-9H2,1-3H3,(H,19,20). The summed E-state index contributed by atoms with van der Waals surface area (Å²) in [6, 6.07) is 0. The van der Waals surface area contributed by atoms with Crippen LogP contribution >= 0.6 is 0 Å². The van der Waals surface area contributed by atoms with Gasteiger partial charge in [0.2, 0.25) is 0 Å². The third kappa shape index (κ3) is 2.83. The first-order valence-electron chi connectivity index (χ1n) is 7.48. The van der Waals surface area contributed by atoms with Crippen molar-refractivity contribution in [2.45, 2.75) is 65.3 Å². The van der Waals surface area contributed by atoms with Gasteiger partial charge < -0.3 is 5.11 Å². The van der Waals surface area contributed by atoms with E-state index in [1.807, 2.05) is 0 Å². The second kappa shape index (κ2) is 5.89. The summed E-state index contributed by atoms with van der Waals surface area (Å²) in [5, 5.41) is 21.5. The van der Waals surface area contributed by atoms with E-state index >= 15 is 0 Å². The van der Waals surface area contributed by atoms with E-state index < -0.39 is 11.4 Å². The Balaban J connectivity index is 2.21. The van der Waals surface area contributed by atoms with Crippen LogP contribution in [-0.2, 0) is 11.3 Å². The molecule has 0 spiro atoms. The molecule has 20 heavy (non-hydrogen) atoms. The van der Waals surface area contributed by atoms with Crippen molar-refractivity contribution in [2.75, 3.05) is 0 Å². The summed E-state index contributed by atoms with van der Waals surface area (Å²) in [6.45, 7) is 6.73. The molecule has 2 rings (SSSR count). The van der Waals surface area contributed by atoms with Crippen molar-refractivity contribution in [3.63, 3.8) is 0 Å². The Labute approximate surface area is 119 Å². The lowest BCUT2D eigenvalue weighted by Crippen LogP contribution is -2.39. The van der Waals surface area contributed by atoms with Gasteiger partial charge in [-0.2, -0.15) is 0 Å². The fourth-order valence-electron chi connectivity index (χ4n) is 2.90. The highest BCUT2D eigenvalue weighted by Crippen LogP contribution is 2.40. The zero-order valence-corrected chi connectivity index (χ0v) is 12.5. The fraction of sp³-hybridized carbons (Fsp3) is 0.857. The van der Waals surface area contributed by atoms with E-state index in [9.17, 15) is 9.90 Å². The van der Waals surface area contributed by atoms with Crippen molar-refractivity contribution in [1.82, 2.24) is 20.2 Å². The summed E-state index contributed by atoms with van der Waals surface area (Å²) < 4.78 is 1.71. The van der Waals surface area contributed by atoms with Gasteiger partial charge in [-0.05, 0) is 48.4 Å². The Morgan fingerprint density at radius 2 is 2.15 bits per heavy atom. The number of hydrogen-bond donors (Lipinski definition) is 1. The number of rotatable bonds is 5. The monoisotopic (exact) mass is 280 g/mol. The van der Waals surface area contributed by atoms with E-state index in [-0.39, 0.29) is 5.92 Å². The van der Waals surface area contributed by atoms with E-state index in [2.05, 4.69) is 36.3 Å². The molecule has 6 nitrogen and oxygen atoms in total. The zero-order valence-electron chi connectivity index (χ0n) is 12.5.